The van der Waals surface area contributed by atoms with Crippen LogP contribution in [0.15, 0.2) is 0 Å². The Kier molecular flexibility index (Phi) is 1.12. The summed E-state index contributed by atoms with van der Waals surface area (Å²) in [5.74, 6) is 1.99. The number of rotatable bonds is 2. The predicted molar refractivity (Wildman–Crippen MR) is 38.1 cm³/mol. The SMILES string of the molecule is O=S(=O)(F)O[C@@H]1C2CC3C1[C@H]3C2. The van der Waals surface area contributed by atoms with Gasteiger partial charge >= 0.3 is 10.5 Å². The lowest BCUT2D eigenvalue weighted by molar-refractivity contribution is 0.158. The van der Waals surface area contributed by atoms with E-state index in [0.717, 1.165) is 12.8 Å². The van der Waals surface area contributed by atoms with Gasteiger partial charge in [0, 0.05) is 0 Å². The molecule has 4 saturated carbocycles. The lowest BCUT2D eigenvalue weighted by Crippen LogP contribution is -2.19. The average molecular weight is 192 g/mol. The van der Waals surface area contributed by atoms with Crippen molar-refractivity contribution in [2.24, 2.45) is 23.7 Å². The molecule has 0 radical (unpaired) electrons. The maximum absolute atomic E-state index is 12.2. The van der Waals surface area contributed by atoms with Crippen LogP contribution in [-0.2, 0) is 14.7 Å². The van der Waals surface area contributed by atoms with Crippen molar-refractivity contribution in [2.45, 2.75) is 18.9 Å². The number of hydrogen-bond acceptors (Lipinski definition) is 3. The zero-order valence-corrected chi connectivity index (χ0v) is 7.13. The zero-order valence-electron chi connectivity index (χ0n) is 6.31. The van der Waals surface area contributed by atoms with Gasteiger partial charge in [0.25, 0.3) is 0 Å². The molecule has 3 nitrogen and oxygen atoms in total. The highest BCUT2D eigenvalue weighted by Crippen LogP contribution is 2.71. The molecule has 0 N–H and O–H groups in total. The number of halogens is 1. The van der Waals surface area contributed by atoms with E-state index in [4.69, 9.17) is 0 Å². The van der Waals surface area contributed by atoms with E-state index in [1.54, 1.807) is 0 Å². The Bertz CT molecular complexity index is 312. The molecule has 0 saturated heterocycles. The fraction of sp³-hybridized carbons (Fsp3) is 1.00. The molecule has 0 aromatic rings. The second kappa shape index (κ2) is 1.85. The van der Waals surface area contributed by atoms with Crippen LogP contribution in [0.3, 0.4) is 0 Å². The Hall–Kier alpha value is -0.160. The minimum atomic E-state index is -4.72. The zero-order chi connectivity index (χ0) is 8.51. The van der Waals surface area contributed by atoms with E-state index < -0.39 is 10.5 Å². The first-order valence-electron chi connectivity index (χ1n) is 4.19. The summed E-state index contributed by atoms with van der Waals surface area (Å²) in [7, 11) is -4.72. The molecule has 0 aromatic carbocycles. The Morgan fingerprint density at radius 3 is 2.17 bits per heavy atom. The molecule has 0 spiro atoms. The monoisotopic (exact) mass is 192 g/mol. The maximum Gasteiger partial charge on any atom is 0.437 e. The van der Waals surface area contributed by atoms with Crippen molar-refractivity contribution in [1.82, 2.24) is 0 Å². The van der Waals surface area contributed by atoms with Crippen LogP contribution in [0.5, 0.6) is 0 Å². The van der Waals surface area contributed by atoms with Gasteiger partial charge in [0.2, 0.25) is 0 Å². The smallest absolute Gasteiger partial charge is 0.241 e. The van der Waals surface area contributed by atoms with Gasteiger partial charge in [-0.2, -0.15) is 8.42 Å². The van der Waals surface area contributed by atoms with Crippen LogP contribution in [0, 0.1) is 23.7 Å². The molecule has 5 atom stereocenters. The van der Waals surface area contributed by atoms with Gasteiger partial charge in [-0.1, -0.05) is 3.89 Å². The molecule has 68 valence electrons. The first-order valence-corrected chi connectivity index (χ1v) is 5.50. The van der Waals surface area contributed by atoms with E-state index in [9.17, 15) is 12.3 Å². The fourth-order valence-corrected chi connectivity index (χ4v) is 3.83. The first-order chi connectivity index (χ1) is 5.56. The van der Waals surface area contributed by atoms with Gasteiger partial charge in [-0.05, 0) is 36.5 Å². The third-order valence-electron chi connectivity index (χ3n) is 3.62. The van der Waals surface area contributed by atoms with E-state index in [-0.39, 0.29) is 6.10 Å². The Labute approximate surface area is 70.3 Å². The largest absolute Gasteiger partial charge is 0.437 e. The van der Waals surface area contributed by atoms with Gasteiger partial charge in [0.05, 0.1) is 6.10 Å². The quantitative estimate of drug-likeness (QED) is 0.610. The first kappa shape index (κ1) is 7.26. The summed E-state index contributed by atoms with van der Waals surface area (Å²) in [6.45, 7) is 0. The van der Waals surface area contributed by atoms with Crippen molar-refractivity contribution in [3.63, 3.8) is 0 Å². The third kappa shape index (κ3) is 0.808. The van der Waals surface area contributed by atoms with Crippen molar-refractivity contribution < 1.29 is 16.5 Å². The van der Waals surface area contributed by atoms with Crippen LogP contribution in [0.25, 0.3) is 0 Å². The van der Waals surface area contributed by atoms with E-state index in [1.807, 2.05) is 0 Å². The van der Waals surface area contributed by atoms with Gasteiger partial charge in [-0.25, -0.2) is 4.18 Å². The Balaban J connectivity index is 1.81. The average Bonchev–Trinajstić information content (AvgIpc) is 2.31. The van der Waals surface area contributed by atoms with Gasteiger partial charge in [-0.15, -0.1) is 0 Å². The van der Waals surface area contributed by atoms with Crippen molar-refractivity contribution in [3.05, 3.63) is 0 Å². The van der Waals surface area contributed by atoms with Crippen molar-refractivity contribution in [1.29, 1.82) is 0 Å². The van der Waals surface area contributed by atoms with E-state index in [0.29, 0.717) is 23.7 Å². The second-order valence-electron chi connectivity index (χ2n) is 4.09. The maximum atomic E-state index is 12.2. The Morgan fingerprint density at radius 1 is 1.25 bits per heavy atom. The molecule has 3 unspecified atom stereocenters. The molecule has 4 aliphatic rings. The summed E-state index contributed by atoms with van der Waals surface area (Å²) < 4.78 is 37.0. The van der Waals surface area contributed by atoms with Crippen LogP contribution >= 0.6 is 0 Å². The summed E-state index contributed by atoms with van der Waals surface area (Å²) in [6.07, 6.45) is 1.78. The molecule has 4 rings (SSSR count). The molecule has 4 fully saturated rings. The molecule has 0 aliphatic heterocycles. The second-order valence-corrected chi connectivity index (χ2v) is 5.07. The standard InChI is InChI=1S/C7H9FO3S/c8-12(9,10)11-7-3-1-4-5(2-3)6(4)7/h3-7H,1-2H2/t3?,4-,5?,6?,7+/m0/s1. The van der Waals surface area contributed by atoms with E-state index in [1.165, 1.54) is 0 Å². The topological polar surface area (TPSA) is 43.4 Å². The van der Waals surface area contributed by atoms with Crippen LogP contribution in [0.2, 0.25) is 0 Å². The molecule has 4 aliphatic carbocycles. The molecule has 0 amide bonds. The van der Waals surface area contributed by atoms with Gasteiger partial charge in [0.1, 0.15) is 0 Å². The van der Waals surface area contributed by atoms with Crippen molar-refractivity contribution in [2.75, 3.05) is 0 Å². The summed E-state index contributed by atoms with van der Waals surface area (Å²) in [5, 5.41) is 0. The minimum absolute atomic E-state index is 0.315. The predicted octanol–water partition coefficient (Wildman–Crippen LogP) is 0.872. The summed E-state index contributed by atoms with van der Waals surface area (Å²) in [5.41, 5.74) is 0. The van der Waals surface area contributed by atoms with Crippen molar-refractivity contribution in [3.8, 4) is 0 Å². The molecule has 4 bridgehead atoms. The fourth-order valence-electron chi connectivity index (χ4n) is 3.28. The highest BCUT2D eigenvalue weighted by atomic mass is 32.3. The molecule has 5 heteroatoms. The lowest BCUT2D eigenvalue weighted by atomic mass is 10.1. The Morgan fingerprint density at radius 2 is 1.83 bits per heavy atom. The minimum Gasteiger partial charge on any atom is -0.241 e. The van der Waals surface area contributed by atoms with Crippen molar-refractivity contribution >= 4 is 10.5 Å². The van der Waals surface area contributed by atoms with Crippen LogP contribution < -0.4 is 0 Å². The molecular formula is C7H9FO3S. The molecule has 0 heterocycles. The third-order valence-corrected chi connectivity index (χ3v) is 4.07. The molecule has 0 aromatic heterocycles. The highest BCUT2D eigenvalue weighted by molar-refractivity contribution is 7.81. The number of hydrogen-bond donors (Lipinski definition) is 0. The van der Waals surface area contributed by atoms with Gasteiger partial charge in [0.15, 0.2) is 0 Å². The van der Waals surface area contributed by atoms with Crippen LogP contribution in [-0.4, -0.2) is 14.5 Å². The lowest BCUT2D eigenvalue weighted by Gasteiger charge is -2.11. The van der Waals surface area contributed by atoms with Crippen LogP contribution in [0.4, 0.5) is 3.89 Å². The highest BCUT2D eigenvalue weighted by Gasteiger charge is 2.70. The molecular weight excluding hydrogens is 183 g/mol. The summed E-state index contributed by atoms with van der Waals surface area (Å²) in [4.78, 5) is 0. The van der Waals surface area contributed by atoms with Crippen LogP contribution in [0.1, 0.15) is 12.8 Å². The van der Waals surface area contributed by atoms with Gasteiger partial charge < -0.3 is 0 Å². The van der Waals surface area contributed by atoms with Gasteiger partial charge in [-0.3, -0.25) is 0 Å². The van der Waals surface area contributed by atoms with E-state index in [2.05, 4.69) is 4.18 Å². The normalized spacial score (nSPS) is 54.6. The summed E-state index contributed by atoms with van der Waals surface area (Å²) >= 11 is 0. The summed E-state index contributed by atoms with van der Waals surface area (Å²) in [6, 6.07) is 0. The molecule has 12 heavy (non-hydrogen) atoms. The van der Waals surface area contributed by atoms with E-state index >= 15 is 0 Å².